The van der Waals surface area contributed by atoms with Crippen LogP contribution in [0.3, 0.4) is 0 Å². The van der Waals surface area contributed by atoms with Gasteiger partial charge in [-0.3, -0.25) is 14.4 Å². The van der Waals surface area contributed by atoms with E-state index in [9.17, 15) is 14.4 Å². The molecule has 152 valence electrons. The van der Waals surface area contributed by atoms with Crippen LogP contribution in [0, 0.1) is 13.8 Å². The first-order chi connectivity index (χ1) is 13.8. The van der Waals surface area contributed by atoms with Crippen molar-refractivity contribution in [3.05, 3.63) is 53.1 Å². The number of benzene rings is 2. The van der Waals surface area contributed by atoms with E-state index in [2.05, 4.69) is 15.8 Å². The molecule has 0 bridgehead atoms. The van der Waals surface area contributed by atoms with Gasteiger partial charge in [0.05, 0.1) is 13.3 Å². The lowest BCUT2D eigenvalue weighted by atomic mass is 10.1. The van der Waals surface area contributed by atoms with Crippen LogP contribution in [0.1, 0.15) is 16.7 Å². The molecule has 0 spiro atoms. The maximum atomic E-state index is 12.0. The zero-order valence-corrected chi connectivity index (χ0v) is 16.3. The molecule has 0 aliphatic heterocycles. The molecule has 0 aromatic heterocycles. The Morgan fingerprint density at radius 3 is 2.48 bits per heavy atom. The third-order valence-corrected chi connectivity index (χ3v) is 3.77. The highest BCUT2D eigenvalue weighted by Crippen LogP contribution is 2.27. The minimum atomic E-state index is -0.908. The molecule has 0 saturated heterocycles. The average molecular weight is 398 g/mol. The average Bonchev–Trinajstić information content (AvgIpc) is 2.68. The third kappa shape index (κ3) is 6.35. The van der Waals surface area contributed by atoms with Gasteiger partial charge in [-0.05, 0) is 49.2 Å². The summed E-state index contributed by atoms with van der Waals surface area (Å²) in [6.07, 6.45) is 1.34. The summed E-state index contributed by atoms with van der Waals surface area (Å²) in [5.74, 6) is -1.66. The molecule has 0 aliphatic rings. The fraction of sp³-hybridized carbons (Fsp3) is 0.200. The number of rotatable bonds is 7. The number of hydrogen-bond acceptors (Lipinski definition) is 6. The molecule has 0 atom stereocenters. The lowest BCUT2D eigenvalue weighted by Crippen LogP contribution is -2.32. The Bertz CT molecular complexity index is 956. The van der Waals surface area contributed by atoms with E-state index in [1.54, 1.807) is 24.3 Å². The van der Waals surface area contributed by atoms with Crippen molar-refractivity contribution in [2.24, 2.45) is 10.8 Å². The van der Waals surface area contributed by atoms with Crippen molar-refractivity contribution in [2.75, 3.05) is 19.0 Å². The van der Waals surface area contributed by atoms with E-state index in [0.717, 1.165) is 11.1 Å². The lowest BCUT2D eigenvalue weighted by Gasteiger charge is -2.10. The van der Waals surface area contributed by atoms with Crippen LogP contribution in [0.5, 0.6) is 11.5 Å². The molecule has 9 heteroatoms. The molecular formula is C20H22N4O5. The number of anilines is 1. The number of amides is 3. The van der Waals surface area contributed by atoms with E-state index in [4.69, 9.17) is 15.2 Å². The number of nitrogens with zero attached hydrogens (tertiary/aromatic N) is 1. The zero-order valence-electron chi connectivity index (χ0n) is 16.3. The molecule has 2 aromatic carbocycles. The zero-order chi connectivity index (χ0) is 21.4. The highest BCUT2D eigenvalue weighted by Gasteiger charge is 2.14. The Morgan fingerprint density at radius 2 is 1.83 bits per heavy atom. The number of hydrogen-bond donors (Lipinski definition) is 3. The summed E-state index contributed by atoms with van der Waals surface area (Å²) in [7, 11) is 1.44. The number of carbonyl (C=O) groups excluding carboxylic acids is 3. The van der Waals surface area contributed by atoms with Crippen molar-refractivity contribution >= 4 is 29.6 Å². The van der Waals surface area contributed by atoms with Gasteiger partial charge in [0.2, 0.25) is 0 Å². The smallest absolute Gasteiger partial charge is 0.329 e. The number of nitrogens with two attached hydrogens (primary N) is 1. The Kier molecular flexibility index (Phi) is 7.30. The Balaban J connectivity index is 1.96. The monoisotopic (exact) mass is 398 g/mol. The maximum Gasteiger partial charge on any atom is 0.329 e. The SMILES string of the molecule is COc1cc(/C=N/NC(=O)C(=O)Nc2ccc(C)cc2C)ccc1OCC(N)=O. The van der Waals surface area contributed by atoms with Crippen LogP contribution in [0.25, 0.3) is 0 Å². The normalized spacial score (nSPS) is 10.4. The molecule has 0 fully saturated rings. The highest BCUT2D eigenvalue weighted by atomic mass is 16.5. The van der Waals surface area contributed by atoms with Gasteiger partial charge in [-0.25, -0.2) is 5.43 Å². The van der Waals surface area contributed by atoms with Crippen LogP contribution in [0.15, 0.2) is 41.5 Å². The highest BCUT2D eigenvalue weighted by molar-refractivity contribution is 6.39. The molecule has 4 N–H and O–H groups in total. The molecule has 0 saturated carbocycles. The fourth-order valence-electron chi connectivity index (χ4n) is 2.38. The maximum absolute atomic E-state index is 12.0. The largest absolute Gasteiger partial charge is 0.493 e. The summed E-state index contributed by atoms with van der Waals surface area (Å²) in [4.78, 5) is 34.7. The van der Waals surface area contributed by atoms with Crippen molar-refractivity contribution in [1.29, 1.82) is 0 Å². The molecule has 9 nitrogen and oxygen atoms in total. The van der Waals surface area contributed by atoms with Crippen molar-refractivity contribution < 1.29 is 23.9 Å². The van der Waals surface area contributed by atoms with Gasteiger partial charge in [0, 0.05) is 5.69 Å². The van der Waals surface area contributed by atoms with Gasteiger partial charge in [-0.1, -0.05) is 17.7 Å². The fourth-order valence-corrected chi connectivity index (χ4v) is 2.38. The summed E-state index contributed by atoms with van der Waals surface area (Å²) < 4.78 is 10.4. The van der Waals surface area contributed by atoms with E-state index in [1.165, 1.54) is 13.3 Å². The van der Waals surface area contributed by atoms with Crippen LogP contribution in [0.2, 0.25) is 0 Å². The van der Waals surface area contributed by atoms with E-state index < -0.39 is 17.7 Å². The number of nitrogens with one attached hydrogen (secondary N) is 2. The summed E-state index contributed by atoms with van der Waals surface area (Å²) in [6.45, 7) is 3.49. The van der Waals surface area contributed by atoms with E-state index in [1.807, 2.05) is 26.0 Å². The summed E-state index contributed by atoms with van der Waals surface area (Å²) >= 11 is 0. The lowest BCUT2D eigenvalue weighted by molar-refractivity contribution is -0.136. The number of hydrazone groups is 1. The number of methoxy groups -OCH3 is 1. The molecule has 2 aromatic rings. The topological polar surface area (TPSA) is 132 Å². The second kappa shape index (κ2) is 9.88. The molecule has 3 amide bonds. The number of ether oxygens (including phenoxy) is 2. The predicted octanol–water partition coefficient (Wildman–Crippen LogP) is 1.26. The van der Waals surface area contributed by atoms with Gasteiger partial charge in [0.15, 0.2) is 18.1 Å². The van der Waals surface area contributed by atoms with Crippen LogP contribution in [-0.2, 0) is 14.4 Å². The van der Waals surface area contributed by atoms with Crippen LogP contribution in [-0.4, -0.2) is 37.7 Å². The standard InChI is InChI=1S/C20H22N4O5/c1-12-4-6-15(13(2)8-12)23-19(26)20(27)24-22-10-14-5-7-16(17(9-14)28-3)29-11-18(21)25/h4-10H,11H2,1-3H3,(H2,21,25)(H,23,26)(H,24,27)/b22-10+. The van der Waals surface area contributed by atoms with Crippen molar-refractivity contribution in [1.82, 2.24) is 5.43 Å². The first-order valence-corrected chi connectivity index (χ1v) is 8.61. The van der Waals surface area contributed by atoms with Crippen LogP contribution < -0.4 is 25.9 Å². The number of aryl methyl sites for hydroxylation is 2. The van der Waals surface area contributed by atoms with E-state index in [-0.39, 0.29) is 6.61 Å². The minimum Gasteiger partial charge on any atom is -0.493 e. The van der Waals surface area contributed by atoms with Gasteiger partial charge in [-0.15, -0.1) is 0 Å². The molecule has 0 unspecified atom stereocenters. The van der Waals surface area contributed by atoms with Gasteiger partial charge < -0.3 is 20.5 Å². The Morgan fingerprint density at radius 1 is 1.07 bits per heavy atom. The molecule has 0 aliphatic carbocycles. The number of primary amides is 1. The van der Waals surface area contributed by atoms with E-state index >= 15 is 0 Å². The van der Waals surface area contributed by atoms with Gasteiger partial charge in [0.25, 0.3) is 5.91 Å². The first kappa shape index (κ1) is 21.4. The minimum absolute atomic E-state index is 0.282. The first-order valence-electron chi connectivity index (χ1n) is 8.61. The number of carbonyl (C=O) groups is 3. The Labute approximate surface area is 167 Å². The molecule has 2 rings (SSSR count). The second-order valence-corrected chi connectivity index (χ2v) is 6.14. The molecule has 0 heterocycles. The van der Waals surface area contributed by atoms with Gasteiger partial charge >= 0.3 is 11.8 Å². The quantitative estimate of drug-likeness (QED) is 0.367. The van der Waals surface area contributed by atoms with E-state index in [0.29, 0.717) is 22.7 Å². The van der Waals surface area contributed by atoms with Crippen molar-refractivity contribution in [3.8, 4) is 11.5 Å². The molecule has 29 heavy (non-hydrogen) atoms. The second-order valence-electron chi connectivity index (χ2n) is 6.14. The van der Waals surface area contributed by atoms with Crippen LogP contribution in [0.4, 0.5) is 5.69 Å². The van der Waals surface area contributed by atoms with Crippen molar-refractivity contribution in [2.45, 2.75) is 13.8 Å². The molecular weight excluding hydrogens is 376 g/mol. The van der Waals surface area contributed by atoms with Crippen LogP contribution >= 0.6 is 0 Å². The van der Waals surface area contributed by atoms with Crippen molar-refractivity contribution in [3.63, 3.8) is 0 Å². The van der Waals surface area contributed by atoms with Gasteiger partial charge in [-0.2, -0.15) is 5.10 Å². The molecule has 0 radical (unpaired) electrons. The third-order valence-electron chi connectivity index (χ3n) is 3.77. The van der Waals surface area contributed by atoms with Gasteiger partial charge in [0.1, 0.15) is 0 Å². The summed E-state index contributed by atoms with van der Waals surface area (Å²) in [5.41, 5.74) is 10.2. The summed E-state index contributed by atoms with van der Waals surface area (Å²) in [6, 6.07) is 10.2. The Hall–Kier alpha value is -3.88. The summed E-state index contributed by atoms with van der Waals surface area (Å²) in [5, 5.41) is 6.30. The predicted molar refractivity (Wildman–Crippen MR) is 108 cm³/mol.